The topological polar surface area (TPSA) is 38.7 Å². The van der Waals surface area contributed by atoms with Crippen LogP contribution in [0.3, 0.4) is 0 Å². The highest BCUT2D eigenvalue weighted by Crippen LogP contribution is 2.41. The highest BCUT2D eigenvalue weighted by atomic mass is 79.9. The maximum absolute atomic E-state index is 9.36. The van der Waals surface area contributed by atoms with Crippen LogP contribution in [0.5, 0.6) is 0 Å². The number of ether oxygens (including phenoxy) is 2. The highest BCUT2D eigenvalue weighted by molar-refractivity contribution is 9.10. The number of benzene rings is 2. The number of aliphatic hydroxyl groups is 1. The van der Waals surface area contributed by atoms with E-state index in [0.717, 1.165) is 20.1 Å². The molecular formula is C16H14Br2O3. The van der Waals surface area contributed by atoms with Crippen LogP contribution in [0.1, 0.15) is 11.1 Å². The van der Waals surface area contributed by atoms with E-state index in [0.29, 0.717) is 6.61 Å². The molecule has 1 saturated heterocycles. The first-order chi connectivity index (χ1) is 10.1. The summed E-state index contributed by atoms with van der Waals surface area (Å²) in [6, 6.07) is 15.7. The van der Waals surface area contributed by atoms with Gasteiger partial charge in [0.15, 0.2) is 0 Å². The average molecular weight is 414 g/mol. The molecule has 0 spiro atoms. The summed E-state index contributed by atoms with van der Waals surface area (Å²) in [5.74, 6) is -0.963. The summed E-state index contributed by atoms with van der Waals surface area (Å²) in [7, 11) is 0. The van der Waals surface area contributed by atoms with E-state index in [1.165, 1.54) is 0 Å². The lowest BCUT2D eigenvalue weighted by Crippen LogP contribution is -2.30. The Bertz CT molecular complexity index is 565. The summed E-state index contributed by atoms with van der Waals surface area (Å²) >= 11 is 6.87. The van der Waals surface area contributed by atoms with Gasteiger partial charge in [-0.05, 0) is 24.3 Å². The molecule has 1 fully saturated rings. The Balaban J connectivity index is 2.07. The summed E-state index contributed by atoms with van der Waals surface area (Å²) in [4.78, 5) is 0. The molecule has 0 saturated carbocycles. The first-order valence-corrected chi connectivity index (χ1v) is 8.17. The molecule has 0 radical (unpaired) electrons. The number of hydrogen-bond acceptors (Lipinski definition) is 3. The Kier molecular flexibility index (Phi) is 4.47. The minimum Gasteiger partial charge on any atom is -0.394 e. The fourth-order valence-corrected chi connectivity index (χ4v) is 2.94. The Morgan fingerprint density at radius 2 is 1.43 bits per heavy atom. The molecule has 5 heteroatoms. The van der Waals surface area contributed by atoms with Gasteiger partial charge in [-0.2, -0.15) is 0 Å². The van der Waals surface area contributed by atoms with Crippen LogP contribution in [0, 0.1) is 0 Å². The van der Waals surface area contributed by atoms with Crippen LogP contribution in [0.15, 0.2) is 57.5 Å². The maximum atomic E-state index is 9.36. The number of halogens is 2. The van der Waals surface area contributed by atoms with Gasteiger partial charge < -0.3 is 14.6 Å². The van der Waals surface area contributed by atoms with Gasteiger partial charge in [-0.3, -0.25) is 0 Å². The molecule has 21 heavy (non-hydrogen) atoms. The van der Waals surface area contributed by atoms with E-state index in [-0.39, 0.29) is 12.7 Å². The maximum Gasteiger partial charge on any atom is 0.222 e. The van der Waals surface area contributed by atoms with Crippen molar-refractivity contribution in [3.63, 3.8) is 0 Å². The Morgan fingerprint density at radius 3 is 1.81 bits per heavy atom. The molecule has 110 valence electrons. The molecule has 0 bridgehead atoms. The molecule has 1 unspecified atom stereocenters. The molecule has 0 amide bonds. The molecule has 3 rings (SSSR count). The normalized spacial score (nSPS) is 20.6. The van der Waals surface area contributed by atoms with Gasteiger partial charge in [-0.1, -0.05) is 56.1 Å². The molecule has 1 heterocycles. The van der Waals surface area contributed by atoms with Crippen molar-refractivity contribution in [3.05, 3.63) is 68.6 Å². The second kappa shape index (κ2) is 6.18. The quantitative estimate of drug-likeness (QED) is 0.831. The summed E-state index contributed by atoms with van der Waals surface area (Å²) in [6.07, 6.45) is -0.322. The monoisotopic (exact) mass is 412 g/mol. The average Bonchev–Trinajstić information content (AvgIpc) is 2.94. The van der Waals surface area contributed by atoms with Gasteiger partial charge in [0, 0.05) is 20.1 Å². The van der Waals surface area contributed by atoms with Crippen LogP contribution in [0.25, 0.3) is 0 Å². The Labute approximate surface area is 140 Å². The van der Waals surface area contributed by atoms with E-state index in [9.17, 15) is 5.11 Å². The summed E-state index contributed by atoms with van der Waals surface area (Å²) in [5, 5.41) is 9.36. The van der Waals surface area contributed by atoms with Crippen LogP contribution >= 0.6 is 31.9 Å². The van der Waals surface area contributed by atoms with Crippen LogP contribution in [-0.4, -0.2) is 24.4 Å². The third-order valence-electron chi connectivity index (χ3n) is 3.46. The fraction of sp³-hybridized carbons (Fsp3) is 0.250. The first kappa shape index (κ1) is 15.2. The standard InChI is InChI=1S/C16H14Br2O3/c17-13-5-1-11(2-6-13)16(20-10-15(9-19)21-16)12-3-7-14(18)8-4-12/h1-8,15,19H,9-10H2. The van der Waals surface area contributed by atoms with Gasteiger partial charge in [0.1, 0.15) is 6.10 Å². The van der Waals surface area contributed by atoms with E-state index in [2.05, 4.69) is 31.9 Å². The van der Waals surface area contributed by atoms with Crippen molar-refractivity contribution in [2.75, 3.05) is 13.2 Å². The molecule has 1 atom stereocenters. The molecule has 2 aromatic rings. The molecular weight excluding hydrogens is 400 g/mol. The van der Waals surface area contributed by atoms with Crippen molar-refractivity contribution in [1.29, 1.82) is 0 Å². The molecule has 3 nitrogen and oxygen atoms in total. The van der Waals surface area contributed by atoms with Crippen LogP contribution < -0.4 is 0 Å². The SMILES string of the molecule is OCC1COC(c2ccc(Br)cc2)(c2ccc(Br)cc2)O1. The third kappa shape index (κ3) is 2.94. The minimum absolute atomic E-state index is 0.0607. The summed E-state index contributed by atoms with van der Waals surface area (Å²) in [5.41, 5.74) is 1.81. The van der Waals surface area contributed by atoms with E-state index in [1.807, 2.05) is 48.5 Å². The second-order valence-electron chi connectivity index (χ2n) is 4.86. The lowest BCUT2D eigenvalue weighted by molar-refractivity contribution is -0.146. The van der Waals surface area contributed by atoms with Gasteiger partial charge in [0.2, 0.25) is 5.79 Å². The molecule has 1 N–H and O–H groups in total. The minimum atomic E-state index is -0.963. The second-order valence-corrected chi connectivity index (χ2v) is 6.70. The largest absolute Gasteiger partial charge is 0.394 e. The van der Waals surface area contributed by atoms with E-state index < -0.39 is 5.79 Å². The lowest BCUT2D eigenvalue weighted by Gasteiger charge is -2.29. The van der Waals surface area contributed by atoms with Crippen LogP contribution in [0.4, 0.5) is 0 Å². The van der Waals surface area contributed by atoms with Crippen molar-refractivity contribution in [3.8, 4) is 0 Å². The molecule has 1 aliphatic heterocycles. The van der Waals surface area contributed by atoms with Gasteiger partial charge in [-0.15, -0.1) is 0 Å². The predicted molar refractivity (Wildman–Crippen MR) is 87.0 cm³/mol. The summed E-state index contributed by atoms with van der Waals surface area (Å²) in [6.45, 7) is 0.303. The zero-order valence-electron chi connectivity index (χ0n) is 11.1. The van der Waals surface area contributed by atoms with Crippen molar-refractivity contribution < 1.29 is 14.6 Å². The van der Waals surface area contributed by atoms with Gasteiger partial charge >= 0.3 is 0 Å². The van der Waals surface area contributed by atoms with E-state index >= 15 is 0 Å². The van der Waals surface area contributed by atoms with Crippen molar-refractivity contribution in [2.24, 2.45) is 0 Å². The number of aliphatic hydroxyl groups excluding tert-OH is 1. The van der Waals surface area contributed by atoms with Crippen molar-refractivity contribution in [1.82, 2.24) is 0 Å². The summed E-state index contributed by atoms with van der Waals surface area (Å²) < 4.78 is 14.0. The molecule has 1 aliphatic rings. The van der Waals surface area contributed by atoms with Gasteiger partial charge in [-0.25, -0.2) is 0 Å². The first-order valence-electron chi connectivity index (χ1n) is 6.59. The highest BCUT2D eigenvalue weighted by Gasteiger charge is 2.44. The number of hydrogen-bond donors (Lipinski definition) is 1. The molecule has 0 aromatic heterocycles. The van der Waals surface area contributed by atoms with Crippen LogP contribution in [-0.2, 0) is 15.3 Å². The zero-order chi connectivity index (χ0) is 14.9. The van der Waals surface area contributed by atoms with Gasteiger partial charge in [0.05, 0.1) is 13.2 Å². The molecule has 0 aliphatic carbocycles. The lowest BCUT2D eigenvalue weighted by atomic mass is 9.97. The predicted octanol–water partition coefficient (Wildman–Crippen LogP) is 3.82. The van der Waals surface area contributed by atoms with Gasteiger partial charge in [0.25, 0.3) is 0 Å². The zero-order valence-corrected chi connectivity index (χ0v) is 14.3. The van der Waals surface area contributed by atoms with E-state index in [1.54, 1.807) is 0 Å². The fourth-order valence-electron chi connectivity index (χ4n) is 2.41. The van der Waals surface area contributed by atoms with E-state index in [4.69, 9.17) is 9.47 Å². The Morgan fingerprint density at radius 1 is 0.952 bits per heavy atom. The molecule has 2 aromatic carbocycles. The Hall–Kier alpha value is -0.720. The van der Waals surface area contributed by atoms with Crippen molar-refractivity contribution in [2.45, 2.75) is 11.9 Å². The van der Waals surface area contributed by atoms with Crippen molar-refractivity contribution >= 4 is 31.9 Å². The van der Waals surface area contributed by atoms with Crippen LogP contribution in [0.2, 0.25) is 0 Å². The smallest absolute Gasteiger partial charge is 0.222 e. The number of rotatable bonds is 3. The third-order valence-corrected chi connectivity index (χ3v) is 4.51.